The lowest BCUT2D eigenvalue weighted by Gasteiger charge is -2.15. The van der Waals surface area contributed by atoms with E-state index in [1.165, 1.54) is 24.0 Å². The standard InChI is InChI=1S/C12H18N2/c1-7(2)12-8(3)14-11(13)6-10(12)9-4-5-9/h6-7,9H,4-5H2,1-3H3,(H2,13,14). The molecule has 1 saturated carbocycles. The molecular weight excluding hydrogens is 172 g/mol. The summed E-state index contributed by atoms with van der Waals surface area (Å²) in [6.45, 7) is 6.52. The number of aryl methyl sites for hydroxylation is 1. The van der Waals surface area contributed by atoms with E-state index in [2.05, 4.69) is 31.8 Å². The summed E-state index contributed by atoms with van der Waals surface area (Å²) in [5.74, 6) is 1.99. The van der Waals surface area contributed by atoms with E-state index in [1.54, 1.807) is 0 Å². The quantitative estimate of drug-likeness (QED) is 0.778. The molecular formula is C12H18N2. The van der Waals surface area contributed by atoms with Crippen LogP contribution in [0.1, 0.15) is 55.3 Å². The molecule has 14 heavy (non-hydrogen) atoms. The minimum absolute atomic E-state index is 0.554. The normalized spacial score (nSPS) is 16.3. The minimum Gasteiger partial charge on any atom is -0.384 e. The van der Waals surface area contributed by atoms with Gasteiger partial charge in [0.25, 0.3) is 0 Å². The van der Waals surface area contributed by atoms with Crippen LogP contribution in [0.25, 0.3) is 0 Å². The van der Waals surface area contributed by atoms with Crippen molar-refractivity contribution in [3.8, 4) is 0 Å². The van der Waals surface area contributed by atoms with Crippen LogP contribution < -0.4 is 5.73 Å². The second-order valence-corrected chi connectivity index (χ2v) is 4.56. The van der Waals surface area contributed by atoms with Gasteiger partial charge in [0.2, 0.25) is 0 Å². The van der Waals surface area contributed by atoms with Gasteiger partial charge in [0.1, 0.15) is 5.82 Å². The average Bonchev–Trinajstić information content (AvgIpc) is 2.82. The third-order valence-corrected chi connectivity index (χ3v) is 2.90. The first-order chi connectivity index (χ1) is 6.59. The Labute approximate surface area is 85.5 Å². The summed E-state index contributed by atoms with van der Waals surface area (Å²) < 4.78 is 0. The second kappa shape index (κ2) is 3.26. The van der Waals surface area contributed by atoms with Gasteiger partial charge in [-0.25, -0.2) is 4.98 Å². The fraction of sp³-hybridized carbons (Fsp3) is 0.583. The Morgan fingerprint density at radius 2 is 2.07 bits per heavy atom. The lowest BCUT2D eigenvalue weighted by molar-refractivity contribution is 0.819. The van der Waals surface area contributed by atoms with Gasteiger partial charge in [-0.2, -0.15) is 0 Å². The second-order valence-electron chi connectivity index (χ2n) is 4.56. The number of hydrogen-bond acceptors (Lipinski definition) is 2. The van der Waals surface area contributed by atoms with Gasteiger partial charge in [0.05, 0.1) is 0 Å². The molecule has 1 aliphatic rings. The van der Waals surface area contributed by atoms with Crippen LogP contribution in [0.4, 0.5) is 5.82 Å². The van der Waals surface area contributed by atoms with E-state index in [4.69, 9.17) is 5.73 Å². The van der Waals surface area contributed by atoms with Crippen LogP contribution in [-0.4, -0.2) is 4.98 Å². The molecule has 0 saturated heterocycles. The first kappa shape index (κ1) is 9.50. The number of pyridine rings is 1. The van der Waals surface area contributed by atoms with E-state index >= 15 is 0 Å². The van der Waals surface area contributed by atoms with Gasteiger partial charge in [0, 0.05) is 5.69 Å². The maximum Gasteiger partial charge on any atom is 0.123 e. The Balaban J connectivity index is 2.53. The summed E-state index contributed by atoms with van der Waals surface area (Å²) in [4.78, 5) is 4.34. The van der Waals surface area contributed by atoms with E-state index in [-0.39, 0.29) is 0 Å². The summed E-state index contributed by atoms with van der Waals surface area (Å²) in [5, 5.41) is 0. The topological polar surface area (TPSA) is 38.9 Å². The zero-order chi connectivity index (χ0) is 10.3. The predicted octanol–water partition coefficient (Wildman–Crippen LogP) is 2.97. The van der Waals surface area contributed by atoms with Crippen molar-refractivity contribution in [2.24, 2.45) is 0 Å². The van der Waals surface area contributed by atoms with E-state index in [0.717, 1.165) is 11.6 Å². The van der Waals surface area contributed by atoms with Crippen molar-refractivity contribution in [3.05, 3.63) is 22.9 Å². The molecule has 0 amide bonds. The molecule has 0 radical (unpaired) electrons. The maximum absolute atomic E-state index is 5.78. The summed E-state index contributed by atoms with van der Waals surface area (Å²) in [7, 11) is 0. The molecule has 0 aliphatic heterocycles. The van der Waals surface area contributed by atoms with Crippen molar-refractivity contribution in [3.63, 3.8) is 0 Å². The zero-order valence-corrected chi connectivity index (χ0v) is 9.17. The average molecular weight is 190 g/mol. The lowest BCUT2D eigenvalue weighted by atomic mass is 9.93. The van der Waals surface area contributed by atoms with Gasteiger partial charge in [-0.1, -0.05) is 13.8 Å². The van der Waals surface area contributed by atoms with Crippen LogP contribution in [0.5, 0.6) is 0 Å². The molecule has 1 fully saturated rings. The fourth-order valence-electron chi connectivity index (χ4n) is 2.22. The first-order valence-electron chi connectivity index (χ1n) is 5.36. The Morgan fingerprint density at radius 1 is 1.43 bits per heavy atom. The summed E-state index contributed by atoms with van der Waals surface area (Å²) in [5.41, 5.74) is 9.76. The maximum atomic E-state index is 5.78. The summed E-state index contributed by atoms with van der Waals surface area (Å²) in [6, 6.07) is 2.07. The highest BCUT2D eigenvalue weighted by Crippen LogP contribution is 2.44. The largest absolute Gasteiger partial charge is 0.384 e. The molecule has 1 heterocycles. The van der Waals surface area contributed by atoms with Gasteiger partial charge in [0.15, 0.2) is 0 Å². The summed E-state index contributed by atoms with van der Waals surface area (Å²) in [6.07, 6.45) is 2.64. The molecule has 76 valence electrons. The number of anilines is 1. The molecule has 0 aromatic carbocycles. The number of nitrogen functional groups attached to an aromatic ring is 1. The van der Waals surface area contributed by atoms with Crippen molar-refractivity contribution in [1.82, 2.24) is 4.98 Å². The zero-order valence-electron chi connectivity index (χ0n) is 9.17. The van der Waals surface area contributed by atoms with Gasteiger partial charge in [-0.3, -0.25) is 0 Å². The van der Waals surface area contributed by atoms with Crippen LogP contribution in [0.15, 0.2) is 6.07 Å². The Bertz CT molecular complexity index is 352. The molecule has 2 N–H and O–H groups in total. The smallest absolute Gasteiger partial charge is 0.123 e. The molecule has 1 aliphatic carbocycles. The van der Waals surface area contributed by atoms with Crippen molar-refractivity contribution in [2.45, 2.75) is 45.4 Å². The molecule has 0 atom stereocenters. The van der Waals surface area contributed by atoms with E-state index in [9.17, 15) is 0 Å². The third-order valence-electron chi connectivity index (χ3n) is 2.90. The highest BCUT2D eigenvalue weighted by molar-refractivity contribution is 5.45. The van der Waals surface area contributed by atoms with E-state index in [1.807, 2.05) is 0 Å². The van der Waals surface area contributed by atoms with Crippen LogP contribution >= 0.6 is 0 Å². The molecule has 0 bridgehead atoms. The van der Waals surface area contributed by atoms with Gasteiger partial charge in [-0.05, 0) is 48.8 Å². The highest BCUT2D eigenvalue weighted by atomic mass is 14.8. The fourth-order valence-corrected chi connectivity index (χ4v) is 2.22. The van der Waals surface area contributed by atoms with E-state index < -0.39 is 0 Å². The highest BCUT2D eigenvalue weighted by Gasteiger charge is 2.28. The van der Waals surface area contributed by atoms with Crippen LogP contribution in [0, 0.1) is 6.92 Å². The Morgan fingerprint density at radius 3 is 2.57 bits per heavy atom. The predicted molar refractivity (Wildman–Crippen MR) is 59.5 cm³/mol. The van der Waals surface area contributed by atoms with Crippen molar-refractivity contribution < 1.29 is 0 Å². The number of nitrogens with two attached hydrogens (primary N) is 1. The molecule has 2 rings (SSSR count). The lowest BCUT2D eigenvalue weighted by Crippen LogP contribution is -2.04. The van der Waals surface area contributed by atoms with Crippen molar-refractivity contribution >= 4 is 5.82 Å². The van der Waals surface area contributed by atoms with Crippen molar-refractivity contribution in [1.29, 1.82) is 0 Å². The number of aromatic nitrogens is 1. The van der Waals surface area contributed by atoms with Crippen molar-refractivity contribution in [2.75, 3.05) is 5.73 Å². The molecule has 0 spiro atoms. The summed E-state index contributed by atoms with van der Waals surface area (Å²) >= 11 is 0. The van der Waals surface area contributed by atoms with E-state index in [0.29, 0.717) is 11.7 Å². The Hall–Kier alpha value is -1.05. The monoisotopic (exact) mass is 190 g/mol. The first-order valence-corrected chi connectivity index (χ1v) is 5.36. The third kappa shape index (κ3) is 1.61. The molecule has 1 aromatic rings. The van der Waals surface area contributed by atoms with Crippen LogP contribution in [-0.2, 0) is 0 Å². The SMILES string of the molecule is Cc1nc(N)cc(C2CC2)c1C(C)C. The number of rotatable bonds is 2. The Kier molecular flexibility index (Phi) is 2.22. The van der Waals surface area contributed by atoms with Gasteiger partial charge >= 0.3 is 0 Å². The van der Waals surface area contributed by atoms with Crippen LogP contribution in [0.3, 0.4) is 0 Å². The van der Waals surface area contributed by atoms with Crippen LogP contribution in [0.2, 0.25) is 0 Å². The molecule has 2 heteroatoms. The number of nitrogens with zero attached hydrogens (tertiary/aromatic N) is 1. The number of hydrogen-bond donors (Lipinski definition) is 1. The van der Waals surface area contributed by atoms with Gasteiger partial charge in [-0.15, -0.1) is 0 Å². The molecule has 2 nitrogen and oxygen atoms in total. The van der Waals surface area contributed by atoms with Gasteiger partial charge < -0.3 is 5.73 Å². The molecule has 1 aromatic heterocycles. The minimum atomic E-state index is 0.554. The molecule has 0 unspecified atom stereocenters.